The fraction of sp³-hybridized carbons (Fsp3) is 0.286. The largest absolute Gasteiger partial charge is 0.507 e. The van der Waals surface area contributed by atoms with Gasteiger partial charge in [-0.3, -0.25) is 4.79 Å². The van der Waals surface area contributed by atoms with Gasteiger partial charge < -0.3 is 29.6 Å². The summed E-state index contributed by atoms with van der Waals surface area (Å²) in [5, 5.41) is 10.4. The van der Waals surface area contributed by atoms with E-state index in [0.717, 1.165) is 28.8 Å². The molecule has 2 heterocycles. The fourth-order valence-corrected chi connectivity index (χ4v) is 5.09. The number of phenols is 1. The van der Waals surface area contributed by atoms with Crippen molar-refractivity contribution < 1.29 is 28.9 Å². The molecule has 0 radical (unpaired) electrons. The van der Waals surface area contributed by atoms with Crippen LogP contribution in [0.4, 0.5) is 0 Å². The molecule has 3 aromatic rings. The van der Waals surface area contributed by atoms with Crippen LogP contribution in [0.15, 0.2) is 36.4 Å². The average Bonchev–Trinajstić information content (AvgIpc) is 3.57. The number of primary amides is 1. The third-order valence-electron chi connectivity index (χ3n) is 7.09. The lowest BCUT2D eigenvalue weighted by molar-refractivity contribution is -0.127. The molecule has 2 aromatic carbocycles. The standard InChI is InChI=1S/C28H28N2O6/c1-14-10-18(11-15(2)25(14)31)22-16(3)30-9-6-17-12-20(34-4)21(35-5)13-19(17)24(30)23(22)26(32)36-28(7-8-28)27(29)33/h7-8,10-13,31H,6,9H2,1-5H3,(H2,29,33). The van der Waals surface area contributed by atoms with Crippen LogP contribution in [-0.2, 0) is 22.5 Å². The SMILES string of the molecule is COc1cc2c(cc1OC)-c1c(C(=O)OC3(C(N)=O)C=C3)c(-c3cc(C)c(O)c(C)c3)c(C)n1CC2. The molecule has 0 bridgehead atoms. The van der Waals surface area contributed by atoms with Crippen LogP contribution in [0.25, 0.3) is 22.4 Å². The number of fused-ring (bicyclic) bond motifs is 3. The third kappa shape index (κ3) is 3.44. The van der Waals surface area contributed by atoms with Gasteiger partial charge in [0.1, 0.15) is 5.75 Å². The molecule has 2 aliphatic rings. The summed E-state index contributed by atoms with van der Waals surface area (Å²) < 4.78 is 18.8. The number of hydrogen-bond acceptors (Lipinski definition) is 6. The molecule has 0 saturated carbocycles. The first kappa shape index (κ1) is 23.5. The van der Waals surface area contributed by atoms with Crippen molar-refractivity contribution in [3.8, 4) is 39.6 Å². The number of benzene rings is 2. The van der Waals surface area contributed by atoms with Crippen molar-refractivity contribution in [2.75, 3.05) is 14.2 Å². The van der Waals surface area contributed by atoms with Gasteiger partial charge in [-0.05, 0) is 85.9 Å². The number of ether oxygens (including phenoxy) is 3. The summed E-state index contributed by atoms with van der Waals surface area (Å²) in [4.78, 5) is 25.8. The minimum absolute atomic E-state index is 0.210. The molecule has 36 heavy (non-hydrogen) atoms. The average molecular weight is 489 g/mol. The number of hydrogen-bond donors (Lipinski definition) is 2. The maximum atomic E-state index is 13.8. The van der Waals surface area contributed by atoms with Crippen molar-refractivity contribution in [3.05, 3.63) is 64.4 Å². The van der Waals surface area contributed by atoms with Crippen molar-refractivity contribution in [2.45, 2.75) is 39.3 Å². The molecule has 1 aromatic heterocycles. The van der Waals surface area contributed by atoms with E-state index in [0.29, 0.717) is 46.0 Å². The Morgan fingerprint density at radius 3 is 2.17 bits per heavy atom. The molecule has 0 fully saturated rings. The monoisotopic (exact) mass is 488 g/mol. The molecule has 0 unspecified atom stereocenters. The number of nitrogens with two attached hydrogens (primary N) is 1. The summed E-state index contributed by atoms with van der Waals surface area (Å²) >= 11 is 0. The lowest BCUT2D eigenvalue weighted by Gasteiger charge is -2.23. The summed E-state index contributed by atoms with van der Waals surface area (Å²) in [5.41, 5.74) is 10.6. The number of carbonyl (C=O) groups excluding carboxylic acids is 2. The number of amides is 1. The minimum atomic E-state index is -1.51. The van der Waals surface area contributed by atoms with E-state index in [1.807, 2.05) is 45.0 Å². The van der Waals surface area contributed by atoms with Crippen molar-refractivity contribution in [1.82, 2.24) is 4.57 Å². The highest BCUT2D eigenvalue weighted by molar-refractivity contribution is 6.08. The second kappa shape index (κ2) is 8.19. The fourth-order valence-electron chi connectivity index (χ4n) is 5.09. The van der Waals surface area contributed by atoms with Crippen LogP contribution < -0.4 is 15.2 Å². The Kier molecular flexibility index (Phi) is 5.35. The molecular formula is C28H28N2O6. The minimum Gasteiger partial charge on any atom is -0.507 e. The lowest BCUT2D eigenvalue weighted by atomic mass is 9.92. The first-order valence-electron chi connectivity index (χ1n) is 11.6. The number of carbonyl (C=O) groups is 2. The summed E-state index contributed by atoms with van der Waals surface area (Å²) in [7, 11) is 3.15. The van der Waals surface area contributed by atoms with Crippen LogP contribution in [0, 0.1) is 20.8 Å². The number of aryl methyl sites for hydroxylation is 3. The number of nitrogens with zero attached hydrogens (tertiary/aromatic N) is 1. The van der Waals surface area contributed by atoms with E-state index in [-0.39, 0.29) is 5.75 Å². The van der Waals surface area contributed by atoms with E-state index in [9.17, 15) is 14.7 Å². The lowest BCUT2D eigenvalue weighted by Crippen LogP contribution is -2.37. The topological polar surface area (TPSA) is 113 Å². The molecule has 8 nitrogen and oxygen atoms in total. The number of aromatic nitrogens is 1. The van der Waals surface area contributed by atoms with E-state index in [4.69, 9.17) is 19.9 Å². The number of methoxy groups -OCH3 is 2. The molecule has 1 aliphatic carbocycles. The molecule has 0 spiro atoms. The van der Waals surface area contributed by atoms with Gasteiger partial charge in [-0.2, -0.15) is 0 Å². The number of esters is 1. The molecule has 1 aliphatic heterocycles. The van der Waals surface area contributed by atoms with Crippen LogP contribution in [0.1, 0.15) is 32.7 Å². The highest BCUT2D eigenvalue weighted by Crippen LogP contribution is 2.46. The van der Waals surface area contributed by atoms with Gasteiger partial charge in [0.25, 0.3) is 5.91 Å². The van der Waals surface area contributed by atoms with Crippen LogP contribution in [-0.4, -0.2) is 41.4 Å². The van der Waals surface area contributed by atoms with Gasteiger partial charge >= 0.3 is 5.97 Å². The van der Waals surface area contributed by atoms with Gasteiger partial charge in [0.15, 0.2) is 11.5 Å². The Morgan fingerprint density at radius 2 is 1.61 bits per heavy atom. The normalized spacial score (nSPS) is 14.6. The Hall–Kier alpha value is -4.20. The molecule has 0 saturated heterocycles. The van der Waals surface area contributed by atoms with E-state index in [2.05, 4.69) is 4.57 Å². The predicted molar refractivity (Wildman–Crippen MR) is 134 cm³/mol. The number of rotatable bonds is 6. The predicted octanol–water partition coefficient (Wildman–Crippen LogP) is 3.98. The molecule has 8 heteroatoms. The molecule has 1 amide bonds. The van der Waals surface area contributed by atoms with Crippen LogP contribution in [0.3, 0.4) is 0 Å². The molecular weight excluding hydrogens is 460 g/mol. The highest BCUT2D eigenvalue weighted by Gasteiger charge is 2.46. The van der Waals surface area contributed by atoms with E-state index >= 15 is 0 Å². The second-order valence-corrected chi connectivity index (χ2v) is 9.29. The summed E-state index contributed by atoms with van der Waals surface area (Å²) in [5.74, 6) is -0.0429. The quantitative estimate of drug-likeness (QED) is 0.401. The smallest absolute Gasteiger partial charge is 0.342 e. The Morgan fingerprint density at radius 1 is 1.00 bits per heavy atom. The maximum Gasteiger partial charge on any atom is 0.342 e. The van der Waals surface area contributed by atoms with Gasteiger partial charge in [-0.1, -0.05) is 0 Å². The van der Waals surface area contributed by atoms with Crippen molar-refractivity contribution in [3.63, 3.8) is 0 Å². The zero-order chi connectivity index (χ0) is 25.9. The van der Waals surface area contributed by atoms with Gasteiger partial charge in [-0.15, -0.1) is 0 Å². The Balaban J connectivity index is 1.79. The van der Waals surface area contributed by atoms with Gasteiger partial charge in [0.2, 0.25) is 5.60 Å². The van der Waals surface area contributed by atoms with Gasteiger partial charge in [-0.25, -0.2) is 4.79 Å². The van der Waals surface area contributed by atoms with Crippen LogP contribution >= 0.6 is 0 Å². The summed E-state index contributed by atoms with van der Waals surface area (Å²) in [6, 6.07) is 7.49. The Bertz CT molecular complexity index is 1450. The summed E-state index contributed by atoms with van der Waals surface area (Å²) in [6.07, 6.45) is 3.67. The highest BCUT2D eigenvalue weighted by atomic mass is 16.6. The van der Waals surface area contributed by atoms with E-state index < -0.39 is 17.5 Å². The van der Waals surface area contributed by atoms with E-state index in [1.165, 1.54) is 12.2 Å². The molecule has 5 rings (SSSR count). The second-order valence-electron chi connectivity index (χ2n) is 9.29. The first-order chi connectivity index (χ1) is 17.1. The van der Waals surface area contributed by atoms with Gasteiger partial charge in [0, 0.05) is 23.4 Å². The molecule has 0 atom stereocenters. The maximum absolute atomic E-state index is 13.8. The van der Waals surface area contributed by atoms with E-state index in [1.54, 1.807) is 14.2 Å². The number of phenolic OH excluding ortho intramolecular Hbond substituents is 1. The number of aromatic hydroxyl groups is 1. The van der Waals surface area contributed by atoms with Crippen molar-refractivity contribution in [1.29, 1.82) is 0 Å². The third-order valence-corrected chi connectivity index (χ3v) is 7.09. The molecule has 186 valence electrons. The Labute approximate surface area is 208 Å². The summed E-state index contributed by atoms with van der Waals surface area (Å²) in [6.45, 7) is 6.23. The molecule has 3 N–H and O–H groups in total. The zero-order valence-electron chi connectivity index (χ0n) is 20.9. The zero-order valence-corrected chi connectivity index (χ0v) is 20.9. The van der Waals surface area contributed by atoms with Gasteiger partial charge in [0.05, 0.1) is 25.5 Å². The van der Waals surface area contributed by atoms with Crippen molar-refractivity contribution in [2.24, 2.45) is 5.73 Å². The van der Waals surface area contributed by atoms with Crippen LogP contribution in [0.2, 0.25) is 0 Å². The first-order valence-corrected chi connectivity index (χ1v) is 11.6. The van der Waals surface area contributed by atoms with Crippen molar-refractivity contribution >= 4 is 11.9 Å². The van der Waals surface area contributed by atoms with Crippen LogP contribution in [0.5, 0.6) is 17.2 Å².